The SMILES string of the molecule is CCC1(CNc2ccc(N)c3cnc(C)cc23)CCCC1. The molecule has 0 aliphatic heterocycles. The van der Waals surface area contributed by atoms with Gasteiger partial charge in [-0.2, -0.15) is 0 Å². The minimum Gasteiger partial charge on any atom is -0.398 e. The quantitative estimate of drug-likeness (QED) is 0.812. The molecule has 1 fully saturated rings. The molecule has 0 spiro atoms. The third kappa shape index (κ3) is 2.69. The Hall–Kier alpha value is -1.77. The van der Waals surface area contributed by atoms with E-state index >= 15 is 0 Å². The Morgan fingerprint density at radius 1 is 1.24 bits per heavy atom. The number of fused-ring (bicyclic) bond motifs is 1. The van der Waals surface area contributed by atoms with Crippen molar-refractivity contribution in [2.75, 3.05) is 17.6 Å². The molecule has 0 amide bonds. The van der Waals surface area contributed by atoms with E-state index in [1.54, 1.807) is 0 Å². The summed E-state index contributed by atoms with van der Waals surface area (Å²) < 4.78 is 0. The molecule has 112 valence electrons. The monoisotopic (exact) mass is 283 g/mol. The van der Waals surface area contributed by atoms with E-state index in [9.17, 15) is 0 Å². The van der Waals surface area contributed by atoms with E-state index in [0.29, 0.717) is 5.41 Å². The molecule has 3 nitrogen and oxygen atoms in total. The van der Waals surface area contributed by atoms with Crippen molar-refractivity contribution in [1.29, 1.82) is 0 Å². The van der Waals surface area contributed by atoms with Crippen LogP contribution in [0.3, 0.4) is 0 Å². The number of benzene rings is 1. The molecule has 1 heterocycles. The molecular weight excluding hydrogens is 258 g/mol. The number of nitrogen functional groups attached to an aromatic ring is 1. The van der Waals surface area contributed by atoms with Crippen molar-refractivity contribution in [2.45, 2.75) is 46.0 Å². The van der Waals surface area contributed by atoms with Gasteiger partial charge in [0, 0.05) is 40.6 Å². The Morgan fingerprint density at radius 3 is 2.71 bits per heavy atom. The molecule has 3 rings (SSSR count). The first-order valence-electron chi connectivity index (χ1n) is 8.02. The average Bonchev–Trinajstić information content (AvgIpc) is 2.96. The van der Waals surface area contributed by atoms with Gasteiger partial charge in [0.05, 0.1) is 0 Å². The van der Waals surface area contributed by atoms with Crippen molar-refractivity contribution in [3.8, 4) is 0 Å². The number of aryl methyl sites for hydroxylation is 1. The van der Waals surface area contributed by atoms with Crippen LogP contribution in [-0.4, -0.2) is 11.5 Å². The summed E-state index contributed by atoms with van der Waals surface area (Å²) in [6.07, 6.45) is 8.60. The zero-order valence-electron chi connectivity index (χ0n) is 13.1. The molecule has 0 radical (unpaired) electrons. The zero-order chi connectivity index (χ0) is 14.9. The molecule has 3 heteroatoms. The summed E-state index contributed by atoms with van der Waals surface area (Å²) in [6.45, 7) is 5.41. The number of hydrogen-bond donors (Lipinski definition) is 2. The van der Waals surface area contributed by atoms with E-state index in [-0.39, 0.29) is 0 Å². The Labute approximate surface area is 127 Å². The van der Waals surface area contributed by atoms with E-state index < -0.39 is 0 Å². The first kappa shape index (κ1) is 14.2. The normalized spacial score (nSPS) is 17.2. The summed E-state index contributed by atoms with van der Waals surface area (Å²) in [7, 11) is 0. The first-order valence-corrected chi connectivity index (χ1v) is 8.02. The van der Waals surface area contributed by atoms with E-state index in [0.717, 1.165) is 23.3 Å². The van der Waals surface area contributed by atoms with E-state index in [2.05, 4.69) is 29.4 Å². The van der Waals surface area contributed by atoms with Gasteiger partial charge in [0.15, 0.2) is 0 Å². The second kappa shape index (κ2) is 5.55. The van der Waals surface area contributed by atoms with E-state index in [1.807, 2.05) is 19.2 Å². The predicted octanol–water partition coefficient (Wildman–Crippen LogP) is 4.51. The highest BCUT2D eigenvalue weighted by Crippen LogP contribution is 2.41. The molecule has 3 N–H and O–H groups in total. The lowest BCUT2D eigenvalue weighted by Crippen LogP contribution is -2.26. The van der Waals surface area contributed by atoms with Crippen LogP contribution < -0.4 is 11.1 Å². The Balaban J connectivity index is 1.90. The maximum Gasteiger partial charge on any atom is 0.0422 e. The van der Waals surface area contributed by atoms with Crippen LogP contribution in [0.25, 0.3) is 10.8 Å². The lowest BCUT2D eigenvalue weighted by molar-refractivity contribution is 0.307. The van der Waals surface area contributed by atoms with Gasteiger partial charge in [0.1, 0.15) is 0 Å². The molecule has 1 aromatic heterocycles. The van der Waals surface area contributed by atoms with Gasteiger partial charge in [-0.05, 0) is 49.8 Å². The number of anilines is 2. The van der Waals surface area contributed by atoms with E-state index in [4.69, 9.17) is 5.73 Å². The van der Waals surface area contributed by atoms with Gasteiger partial charge in [0.2, 0.25) is 0 Å². The lowest BCUT2D eigenvalue weighted by Gasteiger charge is -2.28. The molecule has 2 aromatic rings. The second-order valence-electron chi connectivity index (χ2n) is 6.49. The molecule has 1 aromatic carbocycles. The average molecular weight is 283 g/mol. The highest BCUT2D eigenvalue weighted by molar-refractivity contribution is 6.00. The Kier molecular flexibility index (Phi) is 3.75. The maximum absolute atomic E-state index is 6.08. The molecule has 0 atom stereocenters. The van der Waals surface area contributed by atoms with Crippen LogP contribution in [0.1, 0.15) is 44.7 Å². The fraction of sp³-hybridized carbons (Fsp3) is 0.500. The van der Waals surface area contributed by atoms with Gasteiger partial charge in [-0.25, -0.2) is 0 Å². The fourth-order valence-electron chi connectivity index (χ4n) is 3.58. The van der Waals surface area contributed by atoms with Crippen molar-refractivity contribution >= 4 is 22.1 Å². The highest BCUT2D eigenvalue weighted by atomic mass is 14.9. The summed E-state index contributed by atoms with van der Waals surface area (Å²) in [4.78, 5) is 4.37. The summed E-state index contributed by atoms with van der Waals surface area (Å²) in [5.74, 6) is 0. The predicted molar refractivity (Wildman–Crippen MR) is 90.6 cm³/mol. The molecule has 21 heavy (non-hydrogen) atoms. The number of hydrogen-bond acceptors (Lipinski definition) is 3. The topological polar surface area (TPSA) is 50.9 Å². The zero-order valence-corrected chi connectivity index (χ0v) is 13.1. The highest BCUT2D eigenvalue weighted by Gasteiger charge is 2.31. The standard InChI is InChI=1S/C18H25N3/c1-3-18(8-4-5-9-18)12-21-17-7-6-16(19)15-11-20-13(2)10-14(15)17/h6-7,10-11,21H,3-5,8-9,12,19H2,1-2H3. The first-order chi connectivity index (χ1) is 10.1. The molecule has 0 unspecified atom stereocenters. The van der Waals surface area contributed by atoms with Crippen LogP contribution in [0.5, 0.6) is 0 Å². The number of nitrogens with zero attached hydrogens (tertiary/aromatic N) is 1. The van der Waals surface area contributed by atoms with Crippen LogP contribution in [-0.2, 0) is 0 Å². The minimum absolute atomic E-state index is 0.482. The third-order valence-electron chi connectivity index (χ3n) is 5.14. The molecular formula is C18H25N3. The largest absolute Gasteiger partial charge is 0.398 e. The maximum atomic E-state index is 6.08. The van der Waals surface area contributed by atoms with Crippen molar-refractivity contribution in [3.05, 3.63) is 30.1 Å². The van der Waals surface area contributed by atoms with Crippen molar-refractivity contribution in [1.82, 2.24) is 4.98 Å². The number of aromatic nitrogens is 1. The summed E-state index contributed by atoms with van der Waals surface area (Å²) in [5.41, 5.74) is 9.57. The molecule has 0 bridgehead atoms. The van der Waals surface area contributed by atoms with Gasteiger partial charge in [0.25, 0.3) is 0 Å². The number of pyridine rings is 1. The Morgan fingerprint density at radius 2 is 2.00 bits per heavy atom. The van der Waals surface area contributed by atoms with Crippen molar-refractivity contribution in [2.24, 2.45) is 5.41 Å². The summed E-state index contributed by atoms with van der Waals surface area (Å²) >= 11 is 0. The third-order valence-corrected chi connectivity index (χ3v) is 5.14. The Bertz CT molecular complexity index is 642. The fourth-order valence-corrected chi connectivity index (χ4v) is 3.58. The van der Waals surface area contributed by atoms with Crippen LogP contribution >= 0.6 is 0 Å². The van der Waals surface area contributed by atoms with Crippen LogP contribution in [0.4, 0.5) is 11.4 Å². The second-order valence-corrected chi connectivity index (χ2v) is 6.49. The molecule has 1 aliphatic rings. The van der Waals surface area contributed by atoms with Gasteiger partial charge in [-0.1, -0.05) is 19.8 Å². The van der Waals surface area contributed by atoms with Gasteiger partial charge < -0.3 is 11.1 Å². The molecule has 0 saturated heterocycles. The van der Waals surface area contributed by atoms with Gasteiger partial charge in [-0.15, -0.1) is 0 Å². The van der Waals surface area contributed by atoms with Crippen molar-refractivity contribution < 1.29 is 0 Å². The summed E-state index contributed by atoms with van der Waals surface area (Å²) in [5, 5.41) is 5.92. The summed E-state index contributed by atoms with van der Waals surface area (Å²) in [6, 6.07) is 6.21. The van der Waals surface area contributed by atoms with Gasteiger partial charge in [-0.3, -0.25) is 4.98 Å². The lowest BCUT2D eigenvalue weighted by atomic mass is 9.83. The van der Waals surface area contributed by atoms with Crippen molar-refractivity contribution in [3.63, 3.8) is 0 Å². The number of rotatable bonds is 4. The van der Waals surface area contributed by atoms with Gasteiger partial charge >= 0.3 is 0 Å². The minimum atomic E-state index is 0.482. The number of nitrogens with two attached hydrogens (primary N) is 1. The molecule has 1 aliphatic carbocycles. The van der Waals surface area contributed by atoms with E-state index in [1.165, 1.54) is 43.2 Å². The van der Waals surface area contributed by atoms with Crippen LogP contribution in [0, 0.1) is 12.3 Å². The van der Waals surface area contributed by atoms with Crippen LogP contribution in [0.2, 0.25) is 0 Å². The molecule has 1 saturated carbocycles. The smallest absolute Gasteiger partial charge is 0.0422 e. The number of nitrogens with one attached hydrogen (secondary N) is 1. The van der Waals surface area contributed by atoms with Crippen LogP contribution in [0.15, 0.2) is 24.4 Å².